The molecule has 0 radical (unpaired) electrons. The quantitative estimate of drug-likeness (QED) is 0.783. The average Bonchev–Trinajstić information content (AvgIpc) is 2.65. The van der Waals surface area contributed by atoms with Gasteiger partial charge in [-0.1, -0.05) is 11.6 Å². The Hall–Kier alpha value is -1.22. The lowest BCUT2D eigenvalue weighted by molar-refractivity contribution is 0.179. The summed E-state index contributed by atoms with van der Waals surface area (Å²) in [6.07, 6.45) is 0. The molecular formula is C11H12Cl2N4O3S. The third-order valence-electron chi connectivity index (χ3n) is 2.55. The number of nitrogens with zero attached hydrogens (tertiary/aromatic N) is 4. The minimum atomic E-state index is -4.06. The van der Waals surface area contributed by atoms with Crippen molar-refractivity contribution in [2.45, 2.75) is 25.3 Å². The Balaban J connectivity index is 2.71. The number of aryl methyl sites for hydroxylation is 2. The van der Waals surface area contributed by atoms with Crippen LogP contribution >= 0.6 is 22.3 Å². The van der Waals surface area contributed by atoms with Gasteiger partial charge < -0.3 is 4.74 Å². The molecule has 0 amide bonds. The predicted octanol–water partition coefficient (Wildman–Crippen LogP) is 2.01. The second kappa shape index (κ2) is 5.88. The van der Waals surface area contributed by atoms with Gasteiger partial charge in [-0.3, -0.25) is 0 Å². The largest absolute Gasteiger partial charge is 0.378 e. The Morgan fingerprint density at radius 1 is 1.33 bits per heavy atom. The molecule has 0 spiro atoms. The summed E-state index contributed by atoms with van der Waals surface area (Å²) in [5.74, 6) is 0.869. The third kappa shape index (κ3) is 3.34. The van der Waals surface area contributed by atoms with Crippen LogP contribution in [0.3, 0.4) is 0 Å². The molecular weight excluding hydrogens is 339 g/mol. The zero-order valence-electron chi connectivity index (χ0n) is 11.5. The molecule has 0 aliphatic heterocycles. The van der Waals surface area contributed by atoms with E-state index < -0.39 is 9.05 Å². The molecule has 114 valence electrons. The van der Waals surface area contributed by atoms with Gasteiger partial charge in [0.25, 0.3) is 9.05 Å². The molecule has 0 saturated carbocycles. The minimum Gasteiger partial charge on any atom is -0.378 e. The van der Waals surface area contributed by atoms with Crippen molar-refractivity contribution in [3.63, 3.8) is 0 Å². The van der Waals surface area contributed by atoms with Gasteiger partial charge in [-0.15, -0.1) is 0 Å². The maximum absolute atomic E-state index is 11.7. The van der Waals surface area contributed by atoms with Crippen molar-refractivity contribution in [2.75, 3.05) is 7.11 Å². The predicted molar refractivity (Wildman–Crippen MR) is 77.4 cm³/mol. The molecule has 2 aromatic heterocycles. The van der Waals surface area contributed by atoms with Crippen molar-refractivity contribution < 1.29 is 13.2 Å². The van der Waals surface area contributed by atoms with Crippen molar-refractivity contribution in [3.05, 3.63) is 28.4 Å². The Kier molecular flexibility index (Phi) is 4.52. The lowest BCUT2D eigenvalue weighted by Crippen LogP contribution is -2.04. The van der Waals surface area contributed by atoms with Crippen LogP contribution in [0.1, 0.15) is 17.2 Å². The van der Waals surface area contributed by atoms with Crippen LogP contribution in [-0.2, 0) is 20.4 Å². The molecule has 0 atom stereocenters. The van der Waals surface area contributed by atoms with Crippen molar-refractivity contribution in [2.24, 2.45) is 0 Å². The zero-order valence-corrected chi connectivity index (χ0v) is 13.8. The van der Waals surface area contributed by atoms with Gasteiger partial charge in [0, 0.05) is 29.6 Å². The van der Waals surface area contributed by atoms with Gasteiger partial charge in [-0.2, -0.15) is 5.10 Å². The van der Waals surface area contributed by atoms with Crippen molar-refractivity contribution in [3.8, 4) is 5.82 Å². The fourth-order valence-corrected chi connectivity index (χ4v) is 3.67. The van der Waals surface area contributed by atoms with Gasteiger partial charge in [0.1, 0.15) is 16.4 Å². The molecule has 7 nitrogen and oxygen atoms in total. The topological polar surface area (TPSA) is 87.0 Å². The van der Waals surface area contributed by atoms with E-state index in [1.165, 1.54) is 11.8 Å². The van der Waals surface area contributed by atoms with Crippen LogP contribution in [0.15, 0.2) is 11.0 Å². The summed E-state index contributed by atoms with van der Waals surface area (Å²) in [6, 6.07) is 1.63. The Morgan fingerprint density at radius 2 is 2.00 bits per heavy atom. The molecule has 0 aliphatic rings. The fourth-order valence-electron chi connectivity index (χ4n) is 1.86. The van der Waals surface area contributed by atoms with E-state index >= 15 is 0 Å². The molecule has 2 aromatic rings. The summed E-state index contributed by atoms with van der Waals surface area (Å²) in [6.45, 7) is 3.45. The van der Waals surface area contributed by atoms with E-state index in [1.807, 2.05) is 0 Å². The average molecular weight is 351 g/mol. The van der Waals surface area contributed by atoms with Crippen LogP contribution in [0.5, 0.6) is 0 Å². The van der Waals surface area contributed by atoms with Gasteiger partial charge in [-0.25, -0.2) is 23.1 Å². The van der Waals surface area contributed by atoms with Gasteiger partial charge in [0.2, 0.25) is 0 Å². The third-order valence-corrected chi connectivity index (χ3v) is 4.39. The Bertz CT molecular complexity index is 769. The summed E-state index contributed by atoms with van der Waals surface area (Å²) in [5, 5.41) is 3.98. The minimum absolute atomic E-state index is 0.0446. The van der Waals surface area contributed by atoms with Crippen molar-refractivity contribution in [1.29, 1.82) is 0 Å². The van der Waals surface area contributed by atoms with Gasteiger partial charge >= 0.3 is 0 Å². The molecule has 2 heterocycles. The summed E-state index contributed by atoms with van der Waals surface area (Å²) in [4.78, 5) is 8.05. The Morgan fingerprint density at radius 3 is 2.52 bits per heavy atom. The van der Waals surface area contributed by atoms with Gasteiger partial charge in [-0.05, 0) is 13.8 Å². The normalized spacial score (nSPS) is 11.9. The number of ether oxygens (including phenoxy) is 1. The van der Waals surface area contributed by atoms with E-state index in [1.54, 1.807) is 19.9 Å². The number of methoxy groups -OCH3 is 1. The number of rotatable bonds is 4. The summed E-state index contributed by atoms with van der Waals surface area (Å²) in [5.41, 5.74) is 0.819. The van der Waals surface area contributed by atoms with E-state index in [2.05, 4.69) is 15.1 Å². The molecule has 21 heavy (non-hydrogen) atoms. The SMILES string of the molecule is COCc1nn(-c2cc(C)nc(C)n2)c(Cl)c1S(=O)(=O)Cl. The molecule has 0 fully saturated rings. The monoisotopic (exact) mass is 350 g/mol. The lowest BCUT2D eigenvalue weighted by Gasteiger charge is -2.04. The number of halogens is 2. The van der Waals surface area contributed by atoms with E-state index in [9.17, 15) is 8.42 Å². The molecule has 0 N–H and O–H groups in total. The first-order chi connectivity index (χ1) is 9.74. The van der Waals surface area contributed by atoms with Gasteiger partial charge in [0.05, 0.1) is 6.61 Å². The molecule has 0 aliphatic carbocycles. The first-order valence-electron chi connectivity index (χ1n) is 5.77. The number of hydrogen-bond donors (Lipinski definition) is 0. The zero-order chi connectivity index (χ0) is 15.8. The first-order valence-corrected chi connectivity index (χ1v) is 8.46. The first kappa shape index (κ1) is 16.2. The molecule has 0 bridgehead atoms. The molecule has 2 rings (SSSR count). The fraction of sp³-hybridized carbons (Fsp3) is 0.364. The maximum atomic E-state index is 11.7. The maximum Gasteiger partial charge on any atom is 0.266 e. The van der Waals surface area contributed by atoms with E-state index in [4.69, 9.17) is 27.0 Å². The van der Waals surface area contributed by atoms with Crippen LogP contribution in [-0.4, -0.2) is 35.3 Å². The number of hydrogen-bond acceptors (Lipinski definition) is 6. The number of aromatic nitrogens is 4. The van der Waals surface area contributed by atoms with E-state index in [0.717, 1.165) is 0 Å². The second-order valence-corrected chi connectivity index (χ2v) is 7.12. The highest BCUT2D eigenvalue weighted by Crippen LogP contribution is 2.30. The van der Waals surface area contributed by atoms with Crippen LogP contribution in [0, 0.1) is 13.8 Å². The highest BCUT2D eigenvalue weighted by Gasteiger charge is 2.27. The van der Waals surface area contributed by atoms with Gasteiger partial charge in [0.15, 0.2) is 11.0 Å². The van der Waals surface area contributed by atoms with Crippen LogP contribution in [0.2, 0.25) is 5.15 Å². The summed E-state index contributed by atoms with van der Waals surface area (Å²) >= 11 is 6.11. The summed E-state index contributed by atoms with van der Waals surface area (Å²) < 4.78 is 29.5. The smallest absolute Gasteiger partial charge is 0.266 e. The standard InChI is InChI=1S/C11H12Cl2N4O3S/c1-6-4-9(15-7(2)14-6)17-11(12)10(21(13,18)19)8(16-17)5-20-3/h4H,5H2,1-3H3. The highest BCUT2D eigenvalue weighted by molar-refractivity contribution is 8.13. The second-order valence-electron chi connectivity index (χ2n) is 4.26. The van der Waals surface area contributed by atoms with E-state index in [0.29, 0.717) is 17.3 Å². The van der Waals surface area contributed by atoms with Crippen LogP contribution in [0.25, 0.3) is 5.82 Å². The van der Waals surface area contributed by atoms with Crippen molar-refractivity contribution >= 4 is 31.3 Å². The van der Waals surface area contributed by atoms with Crippen LogP contribution in [0.4, 0.5) is 0 Å². The van der Waals surface area contributed by atoms with Crippen molar-refractivity contribution in [1.82, 2.24) is 19.7 Å². The lowest BCUT2D eigenvalue weighted by atomic mass is 10.4. The summed E-state index contributed by atoms with van der Waals surface area (Å²) in [7, 11) is 2.77. The Labute approximate surface area is 131 Å². The molecule has 0 saturated heterocycles. The molecule has 0 unspecified atom stereocenters. The highest BCUT2D eigenvalue weighted by atomic mass is 35.7. The van der Waals surface area contributed by atoms with E-state index in [-0.39, 0.29) is 22.3 Å². The van der Waals surface area contributed by atoms with Crippen LogP contribution < -0.4 is 0 Å². The molecule has 10 heteroatoms. The molecule has 0 aromatic carbocycles.